The van der Waals surface area contributed by atoms with E-state index in [0.717, 1.165) is 39.6 Å². The van der Waals surface area contributed by atoms with Gasteiger partial charge in [0.15, 0.2) is 0 Å². The Hall–Kier alpha value is -4.60. The topological polar surface area (TPSA) is 33.5 Å². The van der Waals surface area contributed by atoms with Crippen molar-refractivity contribution in [2.24, 2.45) is 0 Å². The molecule has 0 saturated heterocycles. The van der Waals surface area contributed by atoms with Crippen LogP contribution in [0.3, 0.4) is 0 Å². The molecule has 7 rings (SSSR count). The van der Waals surface area contributed by atoms with E-state index in [2.05, 4.69) is 202 Å². The van der Waals surface area contributed by atoms with Crippen LogP contribution in [0.25, 0.3) is 5.69 Å². The van der Waals surface area contributed by atoms with Gasteiger partial charge in [0.05, 0.1) is 6.20 Å². The normalized spacial score (nSPS) is 13.4. The van der Waals surface area contributed by atoms with E-state index in [4.69, 9.17) is 9.84 Å². The first-order valence-electron chi connectivity index (χ1n) is 19.0. The minimum atomic E-state index is -0.207. The Morgan fingerprint density at radius 3 is 1.71 bits per heavy atom. The summed E-state index contributed by atoms with van der Waals surface area (Å²) in [6, 6.07) is 43.5. The molecule has 2 heterocycles. The van der Waals surface area contributed by atoms with E-state index in [1.165, 1.54) is 16.7 Å². The summed E-state index contributed by atoms with van der Waals surface area (Å²) in [4.78, 5) is 4.49. The van der Waals surface area contributed by atoms with Crippen molar-refractivity contribution in [2.75, 3.05) is 9.80 Å². The van der Waals surface area contributed by atoms with Crippen molar-refractivity contribution < 1.29 is 25.8 Å². The zero-order valence-electron chi connectivity index (χ0n) is 34.1. The molecule has 0 bridgehead atoms. The van der Waals surface area contributed by atoms with Crippen LogP contribution in [0.5, 0.6) is 11.5 Å². The van der Waals surface area contributed by atoms with Crippen LogP contribution >= 0.6 is 0 Å². The largest absolute Gasteiger partial charge is 0.509 e. The number of ether oxygens (including phenoxy) is 1. The minimum Gasteiger partial charge on any atom is -0.509 e. The number of hydrogen-bond acceptors (Lipinski definition) is 4. The first-order chi connectivity index (χ1) is 25.4. The molecule has 6 aromatic rings. The zero-order valence-corrected chi connectivity index (χ0v) is 36.3. The zero-order chi connectivity index (χ0) is 38.6. The molecule has 5 aromatic carbocycles. The van der Waals surface area contributed by atoms with E-state index in [-0.39, 0.29) is 42.7 Å². The molecule has 0 saturated carbocycles. The fourth-order valence-electron chi connectivity index (χ4n) is 6.82. The van der Waals surface area contributed by atoms with Crippen molar-refractivity contribution in [1.82, 2.24) is 9.78 Å². The maximum absolute atomic E-state index is 6.62. The summed E-state index contributed by atoms with van der Waals surface area (Å²) in [6.45, 7) is 27.0. The van der Waals surface area contributed by atoms with E-state index in [0.29, 0.717) is 11.5 Å². The summed E-state index contributed by atoms with van der Waals surface area (Å²) < 4.78 is 8.53. The summed E-state index contributed by atoms with van der Waals surface area (Å²) in [5.74, 6) is 1.23. The van der Waals surface area contributed by atoms with Crippen molar-refractivity contribution in [3.63, 3.8) is 0 Å². The maximum atomic E-state index is 6.62. The van der Waals surface area contributed by atoms with Crippen molar-refractivity contribution >= 4 is 22.7 Å². The molecule has 0 aliphatic carbocycles. The molecular weight excluding hydrogens is 856 g/mol. The van der Waals surface area contributed by atoms with Gasteiger partial charge in [0, 0.05) is 66.8 Å². The Morgan fingerprint density at radius 2 is 1.09 bits per heavy atom. The molecule has 0 N–H and O–H groups in total. The van der Waals surface area contributed by atoms with Crippen molar-refractivity contribution in [3.05, 3.63) is 162 Å². The van der Waals surface area contributed by atoms with Gasteiger partial charge in [-0.3, -0.25) is 4.68 Å². The molecule has 0 radical (unpaired) electrons. The van der Waals surface area contributed by atoms with Crippen molar-refractivity contribution in [1.29, 1.82) is 0 Å². The maximum Gasteiger partial charge on any atom is 0.0534 e. The Bertz CT molecular complexity index is 2250. The molecule has 1 aromatic heterocycles. The molecule has 0 fully saturated rings. The van der Waals surface area contributed by atoms with E-state index < -0.39 is 0 Å². The van der Waals surface area contributed by atoms with Gasteiger partial charge >= 0.3 is 0 Å². The molecule has 5 nitrogen and oxygen atoms in total. The van der Waals surface area contributed by atoms with Gasteiger partial charge in [-0.05, 0) is 62.9 Å². The second-order valence-electron chi connectivity index (χ2n) is 18.1. The number of anilines is 4. The fourth-order valence-corrected chi connectivity index (χ4v) is 6.82. The summed E-state index contributed by atoms with van der Waals surface area (Å²) in [5, 5.41) is 4.81. The Balaban J connectivity index is 0.00000514. The quantitative estimate of drug-likeness (QED) is 0.149. The first-order valence-corrected chi connectivity index (χ1v) is 19.0. The van der Waals surface area contributed by atoms with Crippen molar-refractivity contribution in [2.45, 2.75) is 97.8 Å². The second-order valence-corrected chi connectivity index (χ2v) is 18.1. The van der Waals surface area contributed by atoms with Gasteiger partial charge in [0.25, 0.3) is 0 Å². The Labute approximate surface area is 343 Å². The van der Waals surface area contributed by atoms with Crippen LogP contribution < -0.4 is 14.5 Å². The summed E-state index contributed by atoms with van der Waals surface area (Å²) in [6.07, 6.45) is 4.06. The first kappa shape index (κ1) is 40.1. The average Bonchev–Trinajstić information content (AvgIpc) is 3.78. The monoisotopic (exact) mass is 908 g/mol. The van der Waals surface area contributed by atoms with Crippen molar-refractivity contribution in [3.8, 4) is 17.2 Å². The second kappa shape index (κ2) is 14.8. The van der Waals surface area contributed by atoms with Gasteiger partial charge in [0.2, 0.25) is 0 Å². The average molecular weight is 909 g/mol. The number of rotatable bonds is 7. The molecule has 1 aliphatic heterocycles. The van der Waals surface area contributed by atoms with Crippen LogP contribution in [0.4, 0.5) is 22.7 Å². The van der Waals surface area contributed by atoms with Gasteiger partial charge < -0.3 is 14.5 Å². The standard InChI is InChI=1S/C49H53N4O.Pt/c1-46(2,3)35-24-36(47(4,5)6)26-40(25-35)52-33-51(44-22-15-16-23-45(44)52)39-20-17-21-42(29-39)54-43-28-37(48(7,8)9)27-41(30-43)53-32-38(31-50-53)49(10,11)34-18-13-12-14-19-34;/h12-28,31-33H,1-11H3;/q-3;. The van der Waals surface area contributed by atoms with E-state index >= 15 is 0 Å². The number of benzene rings is 5. The van der Waals surface area contributed by atoms with Crippen LogP contribution in [0, 0.1) is 18.8 Å². The number of aromatic nitrogens is 2. The molecule has 1 aliphatic rings. The van der Waals surface area contributed by atoms with Crippen LogP contribution in [0.2, 0.25) is 0 Å². The van der Waals surface area contributed by atoms with Gasteiger partial charge in [0.1, 0.15) is 0 Å². The SMILES string of the molecule is CC(C)(C)c1cc(Oc2[c-]c(N3[CH-]N(c4cc(C(C)(C)C)cc(C(C)(C)C)c4)c4ccccc43)ccc2)[c-]c(-n2cc(C(C)(C)c3ccccc3)cn2)c1.[Pt]. The Kier molecular flexibility index (Phi) is 10.8. The summed E-state index contributed by atoms with van der Waals surface area (Å²) >= 11 is 0. The van der Waals surface area contributed by atoms with Gasteiger partial charge in [-0.2, -0.15) is 11.2 Å². The number of para-hydroxylation sites is 2. The smallest absolute Gasteiger partial charge is 0.0534 e. The molecule has 6 heteroatoms. The van der Waals surface area contributed by atoms with E-state index in [1.807, 2.05) is 23.0 Å². The Morgan fingerprint density at radius 1 is 0.527 bits per heavy atom. The fraction of sp³-hybridized carbons (Fsp3) is 0.306. The van der Waals surface area contributed by atoms with Gasteiger partial charge in [-0.1, -0.05) is 125 Å². The molecule has 55 heavy (non-hydrogen) atoms. The summed E-state index contributed by atoms with van der Waals surface area (Å²) in [7, 11) is 0. The van der Waals surface area contributed by atoms with Gasteiger partial charge in [-0.15, -0.1) is 54.3 Å². The van der Waals surface area contributed by atoms with Crippen LogP contribution in [-0.2, 0) is 42.7 Å². The number of hydrogen-bond donors (Lipinski definition) is 0. The summed E-state index contributed by atoms with van der Waals surface area (Å²) in [5.41, 5.74) is 10.9. The predicted molar refractivity (Wildman–Crippen MR) is 224 cm³/mol. The minimum absolute atomic E-state index is 0. The van der Waals surface area contributed by atoms with E-state index in [9.17, 15) is 0 Å². The molecule has 0 unspecified atom stereocenters. The molecule has 0 atom stereocenters. The molecule has 0 spiro atoms. The molecule has 288 valence electrons. The third-order valence-electron chi connectivity index (χ3n) is 10.5. The van der Waals surface area contributed by atoms with Crippen LogP contribution in [0.15, 0.2) is 116 Å². The third-order valence-corrected chi connectivity index (χ3v) is 10.5. The van der Waals surface area contributed by atoms with Crippen LogP contribution in [-0.4, -0.2) is 9.78 Å². The predicted octanol–water partition coefficient (Wildman–Crippen LogP) is 12.9. The van der Waals surface area contributed by atoms with E-state index in [1.54, 1.807) is 0 Å². The third kappa shape index (κ3) is 8.33. The number of fused-ring (bicyclic) bond motifs is 1. The van der Waals surface area contributed by atoms with Gasteiger partial charge in [-0.25, -0.2) is 0 Å². The van der Waals surface area contributed by atoms with Crippen LogP contribution in [0.1, 0.15) is 104 Å². The molecular formula is C49H53N4OPt-3. The molecule has 0 amide bonds. The number of nitrogens with zero attached hydrogens (tertiary/aromatic N) is 4.